The van der Waals surface area contributed by atoms with Gasteiger partial charge in [-0.25, -0.2) is 13.2 Å². The molecule has 1 saturated heterocycles. The van der Waals surface area contributed by atoms with Crippen LogP contribution < -0.4 is 9.47 Å². The molecule has 2 aliphatic heterocycles. The fourth-order valence-electron chi connectivity index (χ4n) is 5.53. The summed E-state index contributed by atoms with van der Waals surface area (Å²) in [6.07, 6.45) is -0.489. The van der Waals surface area contributed by atoms with Gasteiger partial charge in [-0.15, -0.1) is 13.2 Å². The zero-order chi connectivity index (χ0) is 25.7. The molecule has 1 saturated carbocycles. The molecule has 2 aromatic rings. The predicted octanol–water partition coefficient (Wildman–Crippen LogP) is 7.24. The van der Waals surface area contributed by atoms with Gasteiger partial charge in [0, 0.05) is 23.0 Å². The van der Waals surface area contributed by atoms with Gasteiger partial charge in [0.2, 0.25) is 5.75 Å². The highest BCUT2D eigenvalue weighted by Gasteiger charge is 2.50. The van der Waals surface area contributed by atoms with Crippen LogP contribution >= 0.6 is 0 Å². The molecule has 1 spiro atoms. The van der Waals surface area contributed by atoms with Gasteiger partial charge in [-0.2, -0.15) is 0 Å². The lowest BCUT2D eigenvalue weighted by atomic mass is 9.71. The molecule has 2 heterocycles. The van der Waals surface area contributed by atoms with E-state index in [9.17, 15) is 22.0 Å². The average molecular weight is 516 g/mol. The number of hydrogen-bond acceptors (Lipinski definition) is 4. The first-order valence-corrected chi connectivity index (χ1v) is 12.1. The molecule has 5 rings (SSSR count). The zero-order valence-corrected chi connectivity index (χ0v) is 19.6. The Balaban J connectivity index is 1.28. The summed E-state index contributed by atoms with van der Waals surface area (Å²) in [5, 5.41) is 0. The van der Waals surface area contributed by atoms with E-state index < -0.39 is 35.2 Å². The fourth-order valence-corrected chi connectivity index (χ4v) is 5.53. The van der Waals surface area contributed by atoms with Gasteiger partial charge in [0.05, 0.1) is 13.2 Å². The minimum Gasteiger partial charge on any atom is -0.479 e. The van der Waals surface area contributed by atoms with E-state index in [0.717, 1.165) is 25.7 Å². The maximum atomic E-state index is 15.2. The second-order valence-electron chi connectivity index (χ2n) is 9.74. The monoisotopic (exact) mass is 516 g/mol. The standard InChI is InChI=1S/C26H26F6O4/c1-2-3-14-12-33-24(34-13-14)15-6-8-25(9-7-15)18-5-4-17(21(29)22(18)35-25)16-10-19(27)23(20(28)11-16)36-26(30,31)32/h4-5,10-11,14-15,24H,2-3,6-9,12-13H2,1H3. The molecule has 3 aliphatic rings. The van der Waals surface area contributed by atoms with Crippen LogP contribution in [0.4, 0.5) is 26.3 Å². The second-order valence-corrected chi connectivity index (χ2v) is 9.74. The number of fused-ring (bicyclic) bond motifs is 2. The van der Waals surface area contributed by atoms with Crippen LogP contribution in [-0.4, -0.2) is 25.9 Å². The van der Waals surface area contributed by atoms with Gasteiger partial charge >= 0.3 is 6.36 Å². The Morgan fingerprint density at radius 3 is 2.22 bits per heavy atom. The molecule has 4 nitrogen and oxygen atoms in total. The average Bonchev–Trinajstić information content (AvgIpc) is 2.82. The molecule has 0 N–H and O–H groups in total. The number of rotatable bonds is 5. The smallest absolute Gasteiger partial charge is 0.479 e. The van der Waals surface area contributed by atoms with Crippen molar-refractivity contribution in [2.75, 3.05) is 13.2 Å². The van der Waals surface area contributed by atoms with E-state index in [-0.39, 0.29) is 29.1 Å². The number of alkyl halides is 3. The molecule has 0 unspecified atom stereocenters. The third-order valence-corrected chi connectivity index (χ3v) is 7.32. The lowest BCUT2D eigenvalue weighted by Crippen LogP contribution is -2.47. The van der Waals surface area contributed by atoms with Crippen molar-refractivity contribution in [1.82, 2.24) is 0 Å². The van der Waals surface area contributed by atoms with Gasteiger partial charge in [0.25, 0.3) is 0 Å². The number of halogens is 6. The highest BCUT2D eigenvalue weighted by atomic mass is 19.4. The van der Waals surface area contributed by atoms with E-state index in [1.54, 1.807) is 6.07 Å². The summed E-state index contributed by atoms with van der Waals surface area (Å²) in [4.78, 5) is 0. The second kappa shape index (κ2) is 9.45. The topological polar surface area (TPSA) is 36.9 Å². The van der Waals surface area contributed by atoms with E-state index in [2.05, 4.69) is 11.7 Å². The molecular formula is C26H26F6O4. The maximum Gasteiger partial charge on any atom is 0.573 e. The molecular weight excluding hydrogens is 490 g/mol. The molecule has 0 aromatic heterocycles. The molecule has 2 fully saturated rings. The molecule has 0 amide bonds. The first-order chi connectivity index (χ1) is 17.1. The Labute approximate surface area is 204 Å². The van der Waals surface area contributed by atoms with Gasteiger partial charge in [-0.05, 0) is 49.8 Å². The highest BCUT2D eigenvalue weighted by Crippen LogP contribution is 2.56. The molecule has 0 bridgehead atoms. The van der Waals surface area contributed by atoms with E-state index >= 15 is 4.39 Å². The van der Waals surface area contributed by atoms with Crippen molar-refractivity contribution in [3.05, 3.63) is 47.3 Å². The van der Waals surface area contributed by atoms with Gasteiger partial charge in [-0.3, -0.25) is 0 Å². The number of ether oxygens (including phenoxy) is 4. The quantitative estimate of drug-likeness (QED) is 0.393. The van der Waals surface area contributed by atoms with E-state index in [4.69, 9.17) is 14.2 Å². The van der Waals surface area contributed by atoms with Gasteiger partial charge in [-0.1, -0.05) is 25.5 Å². The van der Waals surface area contributed by atoms with Crippen LogP contribution in [0.25, 0.3) is 11.1 Å². The zero-order valence-electron chi connectivity index (χ0n) is 19.6. The third kappa shape index (κ3) is 4.65. The summed E-state index contributed by atoms with van der Waals surface area (Å²) >= 11 is 0. The van der Waals surface area contributed by atoms with Gasteiger partial charge < -0.3 is 18.9 Å². The Kier molecular flexibility index (Phi) is 6.61. The number of benzene rings is 2. The minimum atomic E-state index is -5.27. The lowest BCUT2D eigenvalue weighted by molar-refractivity contribution is -0.276. The largest absolute Gasteiger partial charge is 0.573 e. The maximum absolute atomic E-state index is 15.2. The van der Waals surface area contributed by atoms with Crippen LogP contribution in [0.5, 0.6) is 11.5 Å². The van der Waals surface area contributed by atoms with E-state index in [1.807, 2.05) is 0 Å². The third-order valence-electron chi connectivity index (χ3n) is 7.32. The van der Waals surface area contributed by atoms with Crippen LogP contribution in [0.1, 0.15) is 51.0 Å². The molecule has 1 aliphatic carbocycles. The van der Waals surface area contributed by atoms with Crippen molar-refractivity contribution < 1.29 is 45.3 Å². The predicted molar refractivity (Wildman–Crippen MR) is 117 cm³/mol. The molecule has 0 atom stereocenters. The van der Waals surface area contributed by atoms with Crippen LogP contribution in [0.3, 0.4) is 0 Å². The summed E-state index contributed by atoms with van der Waals surface area (Å²) in [5.74, 6) is -4.94. The normalized spacial score (nSPS) is 27.8. The number of hydrogen-bond donors (Lipinski definition) is 0. The molecule has 36 heavy (non-hydrogen) atoms. The van der Waals surface area contributed by atoms with Crippen molar-refractivity contribution >= 4 is 0 Å². The Bertz CT molecular complexity index is 1100. The molecule has 2 aromatic carbocycles. The Hall–Kier alpha value is -2.46. The van der Waals surface area contributed by atoms with Gasteiger partial charge in [0.1, 0.15) is 5.60 Å². The summed E-state index contributed by atoms with van der Waals surface area (Å²) < 4.78 is 102. The summed E-state index contributed by atoms with van der Waals surface area (Å²) in [6.45, 7) is 3.52. The van der Waals surface area contributed by atoms with Crippen molar-refractivity contribution in [3.63, 3.8) is 0 Å². The van der Waals surface area contributed by atoms with Crippen molar-refractivity contribution in [2.24, 2.45) is 11.8 Å². The fraction of sp³-hybridized carbons (Fsp3) is 0.538. The minimum absolute atomic E-state index is 0.00467. The first kappa shape index (κ1) is 25.2. The summed E-state index contributed by atoms with van der Waals surface area (Å²) in [6, 6.07) is 4.22. The molecule has 0 radical (unpaired) electrons. The van der Waals surface area contributed by atoms with Crippen LogP contribution in [0, 0.1) is 29.3 Å². The van der Waals surface area contributed by atoms with Crippen molar-refractivity contribution in [2.45, 2.75) is 63.7 Å². The highest BCUT2D eigenvalue weighted by molar-refractivity contribution is 5.70. The SMILES string of the molecule is CCCC1COC(C2CCC3(CC2)Oc2c3ccc(-c3cc(F)c(OC(F)(F)F)c(F)c3)c2F)OC1. The first-order valence-electron chi connectivity index (χ1n) is 12.1. The van der Waals surface area contributed by atoms with Crippen molar-refractivity contribution in [3.8, 4) is 22.6 Å². The summed E-state index contributed by atoms with van der Waals surface area (Å²) in [7, 11) is 0. The van der Waals surface area contributed by atoms with E-state index in [0.29, 0.717) is 49.7 Å². The van der Waals surface area contributed by atoms with Gasteiger partial charge in [0.15, 0.2) is 29.5 Å². The van der Waals surface area contributed by atoms with E-state index in [1.165, 1.54) is 6.07 Å². The molecule has 10 heteroatoms. The summed E-state index contributed by atoms with van der Waals surface area (Å²) in [5.41, 5.74) is -0.403. The van der Waals surface area contributed by atoms with Crippen LogP contribution in [0.2, 0.25) is 0 Å². The lowest BCUT2D eigenvalue weighted by Gasteiger charge is -2.49. The Morgan fingerprint density at radius 1 is 1.00 bits per heavy atom. The molecule has 196 valence electrons. The van der Waals surface area contributed by atoms with Crippen LogP contribution in [0.15, 0.2) is 24.3 Å². The van der Waals surface area contributed by atoms with Crippen molar-refractivity contribution in [1.29, 1.82) is 0 Å². The van der Waals surface area contributed by atoms with Crippen LogP contribution in [-0.2, 0) is 15.1 Å². The Morgan fingerprint density at radius 2 is 1.64 bits per heavy atom.